The van der Waals surface area contributed by atoms with Crippen LogP contribution in [0.5, 0.6) is 0 Å². The molecule has 1 unspecified atom stereocenters. The summed E-state index contributed by atoms with van der Waals surface area (Å²) in [6.45, 7) is 2.73. The second kappa shape index (κ2) is 5.65. The van der Waals surface area contributed by atoms with Crippen molar-refractivity contribution in [3.63, 3.8) is 0 Å². The van der Waals surface area contributed by atoms with Crippen molar-refractivity contribution < 1.29 is 4.79 Å². The van der Waals surface area contributed by atoms with Crippen molar-refractivity contribution in [1.29, 1.82) is 0 Å². The molecule has 1 atom stereocenters. The van der Waals surface area contributed by atoms with Gasteiger partial charge in [-0.15, -0.1) is 11.3 Å². The number of rotatable bonds is 6. The molecule has 1 aliphatic carbocycles. The Morgan fingerprint density at radius 3 is 2.94 bits per heavy atom. The molecule has 0 aromatic carbocycles. The van der Waals surface area contributed by atoms with Crippen molar-refractivity contribution in [3.05, 3.63) is 22.4 Å². The van der Waals surface area contributed by atoms with Crippen molar-refractivity contribution >= 4 is 17.2 Å². The number of nitrogens with zero attached hydrogens (tertiary/aromatic N) is 1. The van der Waals surface area contributed by atoms with Crippen LogP contribution in [0.15, 0.2) is 17.5 Å². The Hall–Kier alpha value is -0.870. The van der Waals surface area contributed by atoms with E-state index in [4.69, 9.17) is 5.73 Å². The fraction of sp³-hybridized carbons (Fsp3) is 0.615. The minimum atomic E-state index is 0.113. The number of hydrogen-bond donors (Lipinski definition) is 1. The van der Waals surface area contributed by atoms with Crippen LogP contribution in [0.25, 0.3) is 0 Å². The summed E-state index contributed by atoms with van der Waals surface area (Å²) >= 11 is 1.72. The highest BCUT2D eigenvalue weighted by atomic mass is 32.1. The molecule has 1 amide bonds. The fourth-order valence-electron chi connectivity index (χ4n) is 1.87. The lowest BCUT2D eigenvalue weighted by Gasteiger charge is -2.22. The molecular formula is C13H20N2OS. The number of carbonyl (C=O) groups excluding carboxylic acids is 1. The summed E-state index contributed by atoms with van der Waals surface area (Å²) in [4.78, 5) is 15.4. The van der Waals surface area contributed by atoms with Gasteiger partial charge in [-0.3, -0.25) is 4.79 Å². The van der Waals surface area contributed by atoms with E-state index in [1.165, 1.54) is 4.88 Å². The lowest BCUT2D eigenvalue weighted by molar-refractivity contribution is -0.132. The summed E-state index contributed by atoms with van der Waals surface area (Å²) in [6, 6.07) is 4.73. The van der Waals surface area contributed by atoms with E-state index in [9.17, 15) is 4.79 Å². The number of nitrogens with two attached hydrogens (primary N) is 1. The summed E-state index contributed by atoms with van der Waals surface area (Å²) in [6.07, 6.45) is 3.69. The second-order valence-electron chi connectivity index (χ2n) is 4.85. The maximum Gasteiger partial charge on any atom is 0.223 e. The second-order valence-corrected chi connectivity index (χ2v) is 5.88. The van der Waals surface area contributed by atoms with Gasteiger partial charge < -0.3 is 10.6 Å². The van der Waals surface area contributed by atoms with E-state index in [2.05, 4.69) is 11.4 Å². The van der Waals surface area contributed by atoms with Gasteiger partial charge in [0.2, 0.25) is 5.91 Å². The summed E-state index contributed by atoms with van der Waals surface area (Å²) in [7, 11) is 0. The third-order valence-electron chi connectivity index (χ3n) is 3.03. The topological polar surface area (TPSA) is 46.3 Å². The van der Waals surface area contributed by atoms with Crippen molar-refractivity contribution in [1.82, 2.24) is 4.90 Å². The average molecular weight is 252 g/mol. The van der Waals surface area contributed by atoms with Crippen LogP contribution in [-0.2, 0) is 11.3 Å². The Balaban J connectivity index is 1.90. The lowest BCUT2D eigenvalue weighted by Crippen LogP contribution is -2.33. The number of carbonyl (C=O) groups is 1. The molecule has 0 spiro atoms. The number of hydrogen-bond acceptors (Lipinski definition) is 3. The highest BCUT2D eigenvalue weighted by molar-refractivity contribution is 7.09. The quantitative estimate of drug-likeness (QED) is 0.845. The lowest BCUT2D eigenvalue weighted by atomic mass is 10.2. The Labute approximate surface area is 107 Å². The largest absolute Gasteiger partial charge is 0.335 e. The molecule has 0 bridgehead atoms. The third-order valence-corrected chi connectivity index (χ3v) is 3.89. The normalized spacial score (nSPS) is 16.8. The van der Waals surface area contributed by atoms with Gasteiger partial charge in [0.25, 0.3) is 0 Å². The first kappa shape index (κ1) is 12.6. The first-order chi connectivity index (χ1) is 8.16. The molecule has 3 nitrogen and oxygen atoms in total. The molecule has 0 aliphatic heterocycles. The van der Waals surface area contributed by atoms with E-state index in [1.807, 2.05) is 17.9 Å². The first-order valence-electron chi connectivity index (χ1n) is 6.24. The van der Waals surface area contributed by atoms with Crippen LogP contribution >= 0.6 is 11.3 Å². The van der Waals surface area contributed by atoms with E-state index in [-0.39, 0.29) is 11.9 Å². The summed E-state index contributed by atoms with van der Waals surface area (Å²) in [5.74, 6) is 0.262. The zero-order valence-electron chi connectivity index (χ0n) is 10.3. The molecule has 1 aromatic rings. The fourth-order valence-corrected chi connectivity index (χ4v) is 2.57. The Morgan fingerprint density at radius 2 is 2.41 bits per heavy atom. The van der Waals surface area contributed by atoms with Crippen LogP contribution in [0.1, 0.15) is 37.5 Å². The Bertz CT molecular complexity index is 358. The number of amides is 1. The van der Waals surface area contributed by atoms with Gasteiger partial charge in [0, 0.05) is 23.4 Å². The van der Waals surface area contributed by atoms with Crippen molar-refractivity contribution in [2.45, 2.75) is 51.2 Å². The monoisotopic (exact) mass is 252 g/mol. The molecule has 0 saturated heterocycles. The van der Waals surface area contributed by atoms with Crippen LogP contribution in [-0.4, -0.2) is 22.9 Å². The van der Waals surface area contributed by atoms with Gasteiger partial charge in [-0.2, -0.15) is 0 Å². The van der Waals surface area contributed by atoms with Crippen LogP contribution in [0.4, 0.5) is 0 Å². The summed E-state index contributed by atoms with van der Waals surface area (Å²) < 4.78 is 0. The van der Waals surface area contributed by atoms with Crippen molar-refractivity contribution in [3.8, 4) is 0 Å². The van der Waals surface area contributed by atoms with Crippen LogP contribution in [0, 0.1) is 0 Å². The standard InChI is InChI=1S/C13H20N2OS/c1-10(14)4-7-13(16)15(11-5-6-11)9-12-3-2-8-17-12/h2-3,8,10-11H,4-7,9,14H2,1H3. The molecule has 17 heavy (non-hydrogen) atoms. The molecule has 1 aliphatic rings. The summed E-state index contributed by atoms with van der Waals surface area (Å²) in [5, 5.41) is 2.06. The maximum absolute atomic E-state index is 12.1. The van der Waals surface area contributed by atoms with Gasteiger partial charge in [-0.25, -0.2) is 0 Å². The van der Waals surface area contributed by atoms with Crippen molar-refractivity contribution in [2.75, 3.05) is 0 Å². The van der Waals surface area contributed by atoms with Gasteiger partial charge >= 0.3 is 0 Å². The molecule has 2 rings (SSSR count). The summed E-state index contributed by atoms with van der Waals surface area (Å²) in [5.41, 5.74) is 5.70. The van der Waals surface area contributed by atoms with Gasteiger partial charge in [0.15, 0.2) is 0 Å². The minimum absolute atomic E-state index is 0.113. The predicted molar refractivity (Wildman–Crippen MR) is 70.8 cm³/mol. The molecule has 2 N–H and O–H groups in total. The first-order valence-corrected chi connectivity index (χ1v) is 7.12. The molecule has 1 fully saturated rings. The maximum atomic E-state index is 12.1. The molecule has 1 heterocycles. The van der Waals surface area contributed by atoms with Crippen LogP contribution in [0.3, 0.4) is 0 Å². The van der Waals surface area contributed by atoms with E-state index in [0.29, 0.717) is 12.5 Å². The van der Waals surface area contributed by atoms with E-state index < -0.39 is 0 Å². The van der Waals surface area contributed by atoms with E-state index >= 15 is 0 Å². The molecule has 0 radical (unpaired) electrons. The van der Waals surface area contributed by atoms with Crippen LogP contribution < -0.4 is 5.73 Å². The van der Waals surface area contributed by atoms with E-state index in [1.54, 1.807) is 11.3 Å². The third kappa shape index (κ3) is 3.82. The molecule has 1 saturated carbocycles. The predicted octanol–water partition coefficient (Wildman–Crippen LogP) is 2.37. The minimum Gasteiger partial charge on any atom is -0.335 e. The van der Waals surface area contributed by atoms with E-state index in [0.717, 1.165) is 25.8 Å². The Kier molecular flexibility index (Phi) is 4.18. The average Bonchev–Trinajstić information content (AvgIpc) is 3.00. The molecule has 1 aromatic heterocycles. The molecule has 4 heteroatoms. The number of thiophene rings is 1. The van der Waals surface area contributed by atoms with Gasteiger partial charge in [0.05, 0.1) is 6.54 Å². The molecule has 94 valence electrons. The van der Waals surface area contributed by atoms with Crippen molar-refractivity contribution in [2.24, 2.45) is 5.73 Å². The van der Waals surface area contributed by atoms with Gasteiger partial charge in [0.1, 0.15) is 0 Å². The zero-order chi connectivity index (χ0) is 12.3. The van der Waals surface area contributed by atoms with Gasteiger partial charge in [-0.05, 0) is 37.6 Å². The smallest absolute Gasteiger partial charge is 0.223 e. The highest BCUT2D eigenvalue weighted by Crippen LogP contribution is 2.30. The highest BCUT2D eigenvalue weighted by Gasteiger charge is 2.32. The Morgan fingerprint density at radius 1 is 1.65 bits per heavy atom. The van der Waals surface area contributed by atoms with Crippen LogP contribution in [0.2, 0.25) is 0 Å². The zero-order valence-corrected chi connectivity index (χ0v) is 11.1. The van der Waals surface area contributed by atoms with Gasteiger partial charge in [-0.1, -0.05) is 6.07 Å². The molecular weight excluding hydrogens is 232 g/mol. The SMILES string of the molecule is CC(N)CCC(=O)N(Cc1cccs1)C1CC1.